The largest absolute Gasteiger partial charge is 1.00 e. The summed E-state index contributed by atoms with van der Waals surface area (Å²) in [6, 6.07) is 17.2. The molecule has 0 aliphatic carbocycles. The first-order valence-corrected chi connectivity index (χ1v) is 13.4. The maximum absolute atomic E-state index is 13.6. The number of ether oxygens (including phenoxy) is 2. The van der Waals surface area contributed by atoms with E-state index in [2.05, 4.69) is 0 Å². The molecule has 0 spiro atoms. The molecule has 1 atom stereocenters. The molecule has 6 rings (SSSR count). The van der Waals surface area contributed by atoms with E-state index in [1.54, 1.807) is 0 Å². The Morgan fingerprint density at radius 2 is 1.65 bits per heavy atom. The summed E-state index contributed by atoms with van der Waals surface area (Å²) in [4.78, 5) is 14.8. The highest BCUT2D eigenvalue weighted by Gasteiger charge is 2.52. The Morgan fingerprint density at radius 3 is 2.24 bits per heavy atom. The van der Waals surface area contributed by atoms with E-state index in [1.165, 1.54) is 35.5 Å². The van der Waals surface area contributed by atoms with Crippen molar-refractivity contribution in [1.82, 2.24) is 0 Å². The molecular weight excluding hydrogens is 534 g/mol. The molecule has 2 bridgehead atoms. The Morgan fingerprint density at radius 1 is 1.00 bits per heavy atom. The first kappa shape index (κ1) is 25.4. The lowest BCUT2D eigenvalue weighted by Crippen LogP contribution is -3.00. The third-order valence-electron chi connectivity index (χ3n) is 7.16. The second-order valence-electron chi connectivity index (χ2n) is 9.11. The van der Waals surface area contributed by atoms with Gasteiger partial charge in [0.1, 0.15) is 5.75 Å². The van der Waals surface area contributed by atoms with Crippen molar-refractivity contribution < 1.29 is 40.8 Å². The van der Waals surface area contributed by atoms with Crippen molar-refractivity contribution in [2.24, 2.45) is 5.92 Å². The van der Waals surface area contributed by atoms with Crippen molar-refractivity contribution in [2.75, 3.05) is 26.2 Å². The van der Waals surface area contributed by atoms with E-state index in [-0.39, 0.29) is 23.2 Å². The topological polar surface area (TPSA) is 55.8 Å². The van der Waals surface area contributed by atoms with Gasteiger partial charge < -0.3 is 31.6 Å². The molecule has 3 aromatic rings. The average molecular weight is 565 g/mol. The van der Waals surface area contributed by atoms with Crippen LogP contribution in [0, 0.1) is 5.92 Å². The van der Waals surface area contributed by atoms with Gasteiger partial charge in [-0.05, 0) is 40.9 Å². The van der Waals surface area contributed by atoms with Gasteiger partial charge in [-0.1, -0.05) is 30.3 Å². The molecule has 5 heterocycles. The van der Waals surface area contributed by atoms with Crippen LogP contribution in [0.3, 0.4) is 0 Å². The van der Waals surface area contributed by atoms with Crippen molar-refractivity contribution in [3.05, 3.63) is 75.1 Å². The molecule has 0 saturated carbocycles. The van der Waals surface area contributed by atoms with Crippen LogP contribution in [-0.2, 0) is 15.1 Å². The molecule has 0 amide bonds. The number of esters is 1. The van der Waals surface area contributed by atoms with E-state index < -0.39 is 11.6 Å². The molecule has 3 saturated heterocycles. The number of hydrogen-bond acceptors (Lipinski definition) is 6. The Bertz CT molecular complexity index is 1000. The van der Waals surface area contributed by atoms with Crippen LogP contribution in [0.15, 0.2) is 65.4 Å². The minimum atomic E-state index is -1.75. The predicted octanol–water partition coefficient (Wildman–Crippen LogP) is 2.02. The third-order valence-corrected chi connectivity index (χ3v) is 9.12. The monoisotopic (exact) mass is 563 g/mol. The van der Waals surface area contributed by atoms with E-state index in [0.717, 1.165) is 42.7 Å². The molecule has 5 nitrogen and oxygen atoms in total. The summed E-state index contributed by atoms with van der Waals surface area (Å²) in [6.45, 7) is 3.59. The standard InChI is InChI=1S/C26H30NO4S2.BrH/c28-25(26(29,22-9-4-17-32-22)23-10-5-18-33-23)31-24-19-20-11-14-27(24,15-12-20)13-6-16-30-21-7-2-1-3-8-21;/h1-5,7-10,17-18,20,24,29H,6,11-16,19H2;1H/q+1;/p-1. The SMILES string of the molecule is O=C(OC1CC2CC[N+]1(CCCOc1ccccc1)CC2)C(O)(c1cccs1)c1cccs1.[Br-]. The molecule has 1 unspecified atom stereocenters. The highest BCUT2D eigenvalue weighted by molar-refractivity contribution is 7.12. The number of hydrogen-bond donors (Lipinski definition) is 1. The molecule has 0 radical (unpaired) electrons. The summed E-state index contributed by atoms with van der Waals surface area (Å²) < 4.78 is 12.9. The van der Waals surface area contributed by atoms with Crippen molar-refractivity contribution in [2.45, 2.75) is 37.5 Å². The fraction of sp³-hybridized carbons (Fsp3) is 0.423. The number of para-hydroxylation sites is 1. The lowest BCUT2D eigenvalue weighted by atomic mass is 9.84. The van der Waals surface area contributed by atoms with E-state index in [4.69, 9.17) is 9.47 Å². The van der Waals surface area contributed by atoms with Crippen LogP contribution in [0.4, 0.5) is 0 Å². The van der Waals surface area contributed by atoms with Gasteiger partial charge >= 0.3 is 5.97 Å². The fourth-order valence-corrected chi connectivity index (χ4v) is 7.00. The molecule has 3 aliphatic rings. The summed E-state index contributed by atoms with van der Waals surface area (Å²) in [7, 11) is 0. The Kier molecular flexibility index (Phi) is 8.15. The van der Waals surface area contributed by atoms with Crippen LogP contribution in [0.25, 0.3) is 0 Å². The number of rotatable bonds is 9. The summed E-state index contributed by atoms with van der Waals surface area (Å²) in [5.74, 6) is 0.928. The molecule has 1 aromatic carbocycles. The van der Waals surface area contributed by atoms with Crippen LogP contribution in [0.2, 0.25) is 0 Å². The average Bonchev–Trinajstić information content (AvgIpc) is 3.58. The molecule has 8 heteroatoms. The van der Waals surface area contributed by atoms with Crippen molar-refractivity contribution in [3.63, 3.8) is 0 Å². The molecular formula is C26H30BrNO4S2. The zero-order chi connectivity index (χ0) is 22.7. The quantitative estimate of drug-likeness (QED) is 0.246. The second-order valence-corrected chi connectivity index (χ2v) is 11.0. The lowest BCUT2D eigenvalue weighted by molar-refractivity contribution is -0.984. The number of quaternary nitrogens is 1. The minimum Gasteiger partial charge on any atom is -1.00 e. The second kappa shape index (κ2) is 10.9. The summed E-state index contributed by atoms with van der Waals surface area (Å²) >= 11 is 2.76. The Labute approximate surface area is 219 Å². The minimum absolute atomic E-state index is 0. The number of fused-ring (bicyclic) bond motifs is 3. The number of nitrogens with zero attached hydrogens (tertiary/aromatic N) is 1. The maximum Gasteiger partial charge on any atom is 0.353 e. The molecule has 2 aromatic heterocycles. The summed E-state index contributed by atoms with van der Waals surface area (Å²) in [6.07, 6.45) is 3.90. The number of carbonyl (C=O) groups is 1. The number of thiophene rings is 2. The molecule has 182 valence electrons. The smallest absolute Gasteiger partial charge is 0.353 e. The zero-order valence-corrected chi connectivity index (χ0v) is 22.2. The number of carbonyl (C=O) groups excluding carboxylic acids is 1. The lowest BCUT2D eigenvalue weighted by Gasteiger charge is -2.53. The molecule has 34 heavy (non-hydrogen) atoms. The van der Waals surface area contributed by atoms with E-state index in [9.17, 15) is 9.90 Å². The van der Waals surface area contributed by atoms with Crippen molar-refractivity contribution >= 4 is 28.6 Å². The van der Waals surface area contributed by atoms with E-state index in [0.29, 0.717) is 22.3 Å². The van der Waals surface area contributed by atoms with Gasteiger partial charge in [-0.2, -0.15) is 0 Å². The maximum atomic E-state index is 13.6. The van der Waals surface area contributed by atoms with Gasteiger partial charge in [-0.25, -0.2) is 4.79 Å². The zero-order valence-electron chi connectivity index (χ0n) is 19.0. The number of benzene rings is 1. The highest BCUT2D eigenvalue weighted by Crippen LogP contribution is 2.42. The number of aliphatic hydroxyl groups is 1. The molecule has 3 fully saturated rings. The molecule has 1 N–H and O–H groups in total. The highest BCUT2D eigenvalue weighted by atomic mass is 79.9. The number of halogens is 1. The normalized spacial score (nSPS) is 23.8. The Hall–Kier alpha value is -1.71. The van der Waals surface area contributed by atoms with Crippen LogP contribution in [0.5, 0.6) is 5.75 Å². The van der Waals surface area contributed by atoms with Crippen LogP contribution >= 0.6 is 22.7 Å². The van der Waals surface area contributed by atoms with Gasteiger partial charge in [0.05, 0.1) is 36.0 Å². The number of piperidine rings is 3. The summed E-state index contributed by atoms with van der Waals surface area (Å²) in [5.41, 5.74) is -1.75. The van der Waals surface area contributed by atoms with Gasteiger partial charge in [0.2, 0.25) is 11.8 Å². The van der Waals surface area contributed by atoms with Gasteiger partial charge in [0.15, 0.2) is 0 Å². The fourth-order valence-electron chi connectivity index (χ4n) is 5.28. The van der Waals surface area contributed by atoms with Crippen LogP contribution in [0.1, 0.15) is 35.4 Å². The molecule has 3 aliphatic heterocycles. The van der Waals surface area contributed by atoms with Crippen LogP contribution < -0.4 is 21.7 Å². The first-order valence-electron chi connectivity index (χ1n) is 11.7. The van der Waals surface area contributed by atoms with Crippen molar-refractivity contribution in [1.29, 1.82) is 0 Å². The van der Waals surface area contributed by atoms with Gasteiger partial charge in [-0.15, -0.1) is 22.7 Å². The predicted molar refractivity (Wildman–Crippen MR) is 130 cm³/mol. The third kappa shape index (κ3) is 4.97. The first-order chi connectivity index (χ1) is 16.1. The van der Waals surface area contributed by atoms with E-state index >= 15 is 0 Å². The van der Waals surface area contributed by atoms with E-state index in [1.807, 2.05) is 65.4 Å². The van der Waals surface area contributed by atoms with Gasteiger partial charge in [0.25, 0.3) is 0 Å². The van der Waals surface area contributed by atoms with Crippen LogP contribution in [-0.4, -0.2) is 48.0 Å². The van der Waals surface area contributed by atoms with Gasteiger partial charge in [-0.3, -0.25) is 4.48 Å². The van der Waals surface area contributed by atoms with Crippen molar-refractivity contribution in [3.8, 4) is 5.75 Å². The van der Waals surface area contributed by atoms with Gasteiger partial charge in [0, 0.05) is 25.7 Å². The Balaban J connectivity index is 0.00000274. The summed E-state index contributed by atoms with van der Waals surface area (Å²) in [5, 5.41) is 15.4.